The molecule has 0 atom stereocenters. The van der Waals surface area contributed by atoms with Gasteiger partial charge in [-0.05, 0) is 37.3 Å². The van der Waals surface area contributed by atoms with E-state index in [1.807, 2.05) is 30.0 Å². The fourth-order valence-electron chi connectivity index (χ4n) is 3.34. The van der Waals surface area contributed by atoms with E-state index in [0.717, 1.165) is 28.4 Å². The van der Waals surface area contributed by atoms with E-state index >= 15 is 0 Å². The van der Waals surface area contributed by atoms with Gasteiger partial charge in [0.15, 0.2) is 0 Å². The fourth-order valence-corrected chi connectivity index (χ4v) is 4.66. The lowest BCUT2D eigenvalue weighted by molar-refractivity contribution is 0.359. The summed E-state index contributed by atoms with van der Waals surface area (Å²) in [6.45, 7) is 0.979. The van der Waals surface area contributed by atoms with Crippen LogP contribution in [0.5, 0.6) is 0 Å². The van der Waals surface area contributed by atoms with Crippen molar-refractivity contribution < 1.29 is 0 Å². The third kappa shape index (κ3) is 3.06. The lowest BCUT2D eigenvalue weighted by Crippen LogP contribution is -2.33. The van der Waals surface area contributed by atoms with Crippen molar-refractivity contribution in [2.24, 2.45) is 0 Å². The first-order valence-electron chi connectivity index (χ1n) is 7.43. The smallest absolute Gasteiger partial charge is 0.124 e. The van der Waals surface area contributed by atoms with Crippen molar-refractivity contribution in [2.75, 3.05) is 6.26 Å². The highest BCUT2D eigenvalue weighted by Gasteiger charge is 2.32. The Balaban J connectivity index is 2.03. The van der Waals surface area contributed by atoms with Gasteiger partial charge in [-0.2, -0.15) is 11.8 Å². The summed E-state index contributed by atoms with van der Waals surface area (Å²) in [7, 11) is 0. The molecule has 3 rings (SSSR count). The van der Waals surface area contributed by atoms with Crippen LogP contribution < -0.4 is 0 Å². The molecule has 1 aromatic carbocycles. The van der Waals surface area contributed by atoms with Gasteiger partial charge in [0.1, 0.15) is 5.82 Å². The number of halogens is 2. The molecule has 0 bridgehead atoms. The van der Waals surface area contributed by atoms with Gasteiger partial charge >= 0.3 is 0 Å². The van der Waals surface area contributed by atoms with Crippen LogP contribution in [0.25, 0.3) is 11.0 Å². The molecule has 1 aromatic heterocycles. The monoisotopic (exact) mass is 342 g/mol. The molecule has 1 aliphatic rings. The van der Waals surface area contributed by atoms with E-state index < -0.39 is 0 Å². The van der Waals surface area contributed by atoms with Gasteiger partial charge in [-0.3, -0.25) is 0 Å². The minimum absolute atomic E-state index is 0.314. The Morgan fingerprint density at radius 1 is 1.29 bits per heavy atom. The summed E-state index contributed by atoms with van der Waals surface area (Å²) in [5.41, 5.74) is 2.10. The zero-order chi connectivity index (χ0) is 14.9. The average Bonchev–Trinajstić information content (AvgIpc) is 2.85. The quantitative estimate of drug-likeness (QED) is 0.683. The van der Waals surface area contributed by atoms with Crippen LogP contribution in [0.1, 0.15) is 37.9 Å². The maximum atomic E-state index is 6.18. The fraction of sp³-hybridized carbons (Fsp3) is 0.562. The van der Waals surface area contributed by atoms with Crippen LogP contribution in [0.2, 0.25) is 5.02 Å². The van der Waals surface area contributed by atoms with Crippen molar-refractivity contribution in [2.45, 2.75) is 49.3 Å². The normalized spacial score (nSPS) is 18.2. The second-order valence-corrected chi connectivity index (χ2v) is 7.81. The summed E-state index contributed by atoms with van der Waals surface area (Å²) < 4.78 is 2.60. The number of imidazole rings is 1. The van der Waals surface area contributed by atoms with E-state index in [1.54, 1.807) is 0 Å². The Morgan fingerprint density at radius 3 is 2.71 bits per heavy atom. The maximum absolute atomic E-state index is 6.18. The lowest BCUT2D eigenvalue weighted by atomic mass is 9.88. The highest BCUT2D eigenvalue weighted by Crippen LogP contribution is 2.41. The molecule has 5 heteroatoms. The number of hydrogen-bond donors (Lipinski definition) is 0. The topological polar surface area (TPSA) is 17.8 Å². The molecule has 1 heterocycles. The Bertz CT molecular complexity index is 632. The van der Waals surface area contributed by atoms with Crippen molar-refractivity contribution in [3.8, 4) is 0 Å². The molecule has 2 nitrogen and oxygen atoms in total. The first kappa shape index (κ1) is 15.5. The predicted octanol–water partition coefficient (Wildman–Crippen LogP) is 5.49. The van der Waals surface area contributed by atoms with Gasteiger partial charge < -0.3 is 4.57 Å². The van der Waals surface area contributed by atoms with Crippen LogP contribution in [0.4, 0.5) is 0 Å². The number of fused-ring (bicyclic) bond motifs is 1. The van der Waals surface area contributed by atoms with E-state index in [1.165, 1.54) is 32.1 Å². The molecule has 0 saturated heterocycles. The summed E-state index contributed by atoms with van der Waals surface area (Å²) in [4.78, 5) is 4.67. The zero-order valence-electron chi connectivity index (χ0n) is 12.2. The molecule has 0 amide bonds. The van der Waals surface area contributed by atoms with Crippen LogP contribution in [-0.4, -0.2) is 20.6 Å². The number of aromatic nitrogens is 2. The van der Waals surface area contributed by atoms with Crippen LogP contribution in [-0.2, 0) is 12.4 Å². The van der Waals surface area contributed by atoms with E-state index in [2.05, 4.69) is 15.8 Å². The highest BCUT2D eigenvalue weighted by molar-refractivity contribution is 8.00. The summed E-state index contributed by atoms with van der Waals surface area (Å²) >= 11 is 14.3. The Kier molecular flexibility index (Phi) is 4.72. The van der Waals surface area contributed by atoms with Gasteiger partial charge in [0.25, 0.3) is 0 Å². The van der Waals surface area contributed by atoms with E-state index in [4.69, 9.17) is 23.2 Å². The maximum Gasteiger partial charge on any atom is 0.124 e. The molecule has 0 radical (unpaired) electrons. The largest absolute Gasteiger partial charge is 0.326 e. The van der Waals surface area contributed by atoms with Crippen molar-refractivity contribution in [1.29, 1.82) is 0 Å². The standard InChI is InChI=1S/C16H20Cl2N2S/c1-21-16(7-3-2-4-8-16)11-20-14-9-12(18)5-6-13(14)19-15(20)10-17/h5-6,9H,2-4,7-8,10-11H2,1H3. The second kappa shape index (κ2) is 6.39. The Morgan fingerprint density at radius 2 is 2.05 bits per heavy atom. The minimum atomic E-state index is 0.314. The van der Waals surface area contributed by atoms with Gasteiger partial charge in [-0.25, -0.2) is 4.98 Å². The third-order valence-corrected chi connectivity index (χ3v) is 6.43. The van der Waals surface area contributed by atoms with Crippen molar-refractivity contribution in [1.82, 2.24) is 9.55 Å². The van der Waals surface area contributed by atoms with Crippen LogP contribution in [0.3, 0.4) is 0 Å². The average molecular weight is 343 g/mol. The molecular weight excluding hydrogens is 323 g/mol. The Hall–Kier alpha value is -0.380. The molecule has 0 unspecified atom stereocenters. The predicted molar refractivity (Wildman–Crippen MR) is 93.6 cm³/mol. The van der Waals surface area contributed by atoms with Gasteiger partial charge in [0.05, 0.1) is 16.9 Å². The molecule has 0 spiro atoms. The molecule has 21 heavy (non-hydrogen) atoms. The number of rotatable bonds is 4. The number of hydrogen-bond acceptors (Lipinski definition) is 2. The van der Waals surface area contributed by atoms with E-state index in [0.29, 0.717) is 10.6 Å². The zero-order valence-corrected chi connectivity index (χ0v) is 14.6. The van der Waals surface area contributed by atoms with Crippen molar-refractivity contribution >= 4 is 46.0 Å². The van der Waals surface area contributed by atoms with Crippen molar-refractivity contribution in [3.05, 3.63) is 29.0 Å². The molecule has 114 valence electrons. The van der Waals surface area contributed by atoms with Crippen LogP contribution in [0, 0.1) is 0 Å². The SMILES string of the molecule is CSC1(Cn2c(CCl)nc3ccc(Cl)cc32)CCCCC1. The summed E-state index contributed by atoms with van der Waals surface area (Å²) in [5.74, 6) is 1.39. The summed E-state index contributed by atoms with van der Waals surface area (Å²) in [5, 5.41) is 0.756. The Labute approximate surface area is 140 Å². The summed E-state index contributed by atoms with van der Waals surface area (Å²) in [6, 6.07) is 5.89. The number of benzene rings is 1. The number of nitrogens with zero attached hydrogens (tertiary/aromatic N) is 2. The van der Waals surface area contributed by atoms with E-state index in [-0.39, 0.29) is 0 Å². The first-order valence-corrected chi connectivity index (χ1v) is 9.57. The lowest BCUT2D eigenvalue weighted by Gasteiger charge is -2.36. The molecule has 0 aliphatic heterocycles. The molecule has 0 N–H and O–H groups in total. The highest BCUT2D eigenvalue weighted by atomic mass is 35.5. The van der Waals surface area contributed by atoms with Gasteiger partial charge in [0.2, 0.25) is 0 Å². The minimum Gasteiger partial charge on any atom is -0.326 e. The van der Waals surface area contributed by atoms with Crippen LogP contribution >= 0.6 is 35.0 Å². The van der Waals surface area contributed by atoms with E-state index in [9.17, 15) is 0 Å². The van der Waals surface area contributed by atoms with Gasteiger partial charge in [-0.1, -0.05) is 30.9 Å². The van der Waals surface area contributed by atoms with Gasteiger partial charge in [-0.15, -0.1) is 11.6 Å². The number of alkyl halides is 1. The first-order chi connectivity index (χ1) is 10.2. The molecule has 1 aliphatic carbocycles. The molecule has 2 aromatic rings. The molecular formula is C16H20Cl2N2S. The molecule has 1 saturated carbocycles. The van der Waals surface area contributed by atoms with Crippen LogP contribution in [0.15, 0.2) is 18.2 Å². The summed E-state index contributed by atoms with van der Waals surface area (Å²) in [6.07, 6.45) is 8.79. The number of thioether (sulfide) groups is 1. The van der Waals surface area contributed by atoms with Crippen molar-refractivity contribution in [3.63, 3.8) is 0 Å². The third-order valence-electron chi connectivity index (χ3n) is 4.55. The van der Waals surface area contributed by atoms with Gasteiger partial charge in [0, 0.05) is 16.3 Å². The molecule has 1 fully saturated rings. The second-order valence-electron chi connectivity index (χ2n) is 5.83.